The minimum Gasteiger partial charge on any atom is -0.366 e. The van der Waals surface area contributed by atoms with Crippen molar-refractivity contribution in [3.8, 4) is 0 Å². The van der Waals surface area contributed by atoms with Crippen LogP contribution in [0, 0.1) is 6.92 Å². The zero-order chi connectivity index (χ0) is 9.56. The highest BCUT2D eigenvalue weighted by Gasteiger charge is 1.95. The van der Waals surface area contributed by atoms with Crippen LogP contribution in [0.15, 0.2) is 24.3 Å². The van der Waals surface area contributed by atoms with Gasteiger partial charge in [-0.25, -0.2) is 0 Å². The highest BCUT2D eigenvalue weighted by atomic mass is 16.1. The average molecular weight is 167 g/mol. The Labute approximate surface area is 74.9 Å². The maximum Gasteiger partial charge on any atom is 0.248 e. The predicted molar refractivity (Wildman–Crippen MR) is 53.2 cm³/mol. The molecule has 1 amide bonds. The SMILES string of the molecule is CC.Cc1ccc(C(N)=O)cc1.[HH]. The lowest BCUT2D eigenvalue weighted by Gasteiger charge is -1.93. The molecule has 0 aliphatic carbocycles. The van der Waals surface area contributed by atoms with Crippen LogP contribution in [0.4, 0.5) is 0 Å². The summed E-state index contributed by atoms with van der Waals surface area (Å²) in [6.07, 6.45) is 0. The second-order valence-electron chi connectivity index (χ2n) is 2.23. The number of aryl methyl sites for hydroxylation is 1. The first-order chi connectivity index (χ1) is 5.70. The Bertz CT molecular complexity index is 244. The molecule has 1 aromatic rings. The van der Waals surface area contributed by atoms with Gasteiger partial charge in [-0.15, -0.1) is 0 Å². The molecule has 0 radical (unpaired) electrons. The van der Waals surface area contributed by atoms with Crippen molar-refractivity contribution in [2.45, 2.75) is 20.8 Å². The van der Waals surface area contributed by atoms with Crippen LogP contribution in [-0.4, -0.2) is 5.91 Å². The van der Waals surface area contributed by atoms with Crippen molar-refractivity contribution >= 4 is 5.91 Å². The topological polar surface area (TPSA) is 43.1 Å². The fourth-order valence-corrected chi connectivity index (χ4v) is 0.718. The summed E-state index contributed by atoms with van der Waals surface area (Å²) >= 11 is 0. The van der Waals surface area contributed by atoms with Gasteiger partial charge < -0.3 is 5.73 Å². The van der Waals surface area contributed by atoms with Crippen LogP contribution in [-0.2, 0) is 0 Å². The zero-order valence-corrected chi connectivity index (χ0v) is 7.79. The summed E-state index contributed by atoms with van der Waals surface area (Å²) in [5, 5.41) is 0. The minimum atomic E-state index is -0.375. The normalized spacial score (nSPS) is 8.25. The van der Waals surface area contributed by atoms with Crippen LogP contribution in [0.1, 0.15) is 31.2 Å². The van der Waals surface area contributed by atoms with Crippen molar-refractivity contribution in [1.82, 2.24) is 0 Å². The molecular weight excluding hydrogens is 150 g/mol. The van der Waals surface area contributed by atoms with Gasteiger partial charge >= 0.3 is 0 Å². The Kier molecular flexibility index (Phi) is 4.77. The molecule has 2 N–H and O–H groups in total. The fourth-order valence-electron chi connectivity index (χ4n) is 0.718. The predicted octanol–water partition coefficient (Wildman–Crippen LogP) is 2.37. The van der Waals surface area contributed by atoms with E-state index in [1.54, 1.807) is 12.1 Å². The van der Waals surface area contributed by atoms with E-state index in [1.165, 1.54) is 0 Å². The summed E-state index contributed by atoms with van der Waals surface area (Å²) in [7, 11) is 0. The van der Waals surface area contributed by atoms with Crippen molar-refractivity contribution in [2.75, 3.05) is 0 Å². The van der Waals surface area contributed by atoms with E-state index in [2.05, 4.69) is 0 Å². The van der Waals surface area contributed by atoms with Crippen LogP contribution in [0.5, 0.6) is 0 Å². The van der Waals surface area contributed by atoms with Crippen LogP contribution in [0.2, 0.25) is 0 Å². The van der Waals surface area contributed by atoms with Crippen LogP contribution in [0.3, 0.4) is 0 Å². The first-order valence-electron chi connectivity index (χ1n) is 4.06. The van der Waals surface area contributed by atoms with Gasteiger partial charge in [0.25, 0.3) is 0 Å². The first kappa shape index (κ1) is 10.7. The lowest BCUT2D eigenvalue weighted by molar-refractivity contribution is 0.100. The Morgan fingerprint density at radius 2 is 1.67 bits per heavy atom. The van der Waals surface area contributed by atoms with Gasteiger partial charge in [0.2, 0.25) is 5.91 Å². The van der Waals surface area contributed by atoms with Gasteiger partial charge in [-0.2, -0.15) is 0 Å². The third kappa shape index (κ3) is 3.19. The van der Waals surface area contributed by atoms with Crippen LogP contribution in [0.25, 0.3) is 0 Å². The van der Waals surface area contributed by atoms with E-state index in [-0.39, 0.29) is 7.33 Å². The van der Waals surface area contributed by atoms with E-state index >= 15 is 0 Å². The number of nitrogens with two attached hydrogens (primary N) is 1. The van der Waals surface area contributed by atoms with Crippen molar-refractivity contribution < 1.29 is 6.22 Å². The molecule has 0 saturated heterocycles. The molecule has 0 bridgehead atoms. The van der Waals surface area contributed by atoms with Crippen molar-refractivity contribution in [3.05, 3.63) is 35.4 Å². The molecule has 0 spiro atoms. The molecule has 0 saturated carbocycles. The summed E-state index contributed by atoms with van der Waals surface area (Å²) in [5.74, 6) is -0.375. The van der Waals surface area contributed by atoms with E-state index in [1.807, 2.05) is 32.9 Å². The number of amides is 1. The number of hydrogen-bond acceptors (Lipinski definition) is 1. The lowest BCUT2D eigenvalue weighted by Crippen LogP contribution is -2.10. The molecule has 2 heteroatoms. The quantitative estimate of drug-likeness (QED) is 0.685. The molecule has 2 nitrogen and oxygen atoms in total. The third-order valence-electron chi connectivity index (χ3n) is 1.34. The summed E-state index contributed by atoms with van der Waals surface area (Å²) in [6.45, 7) is 5.96. The maximum atomic E-state index is 10.5. The summed E-state index contributed by atoms with van der Waals surface area (Å²) in [6, 6.07) is 7.16. The smallest absolute Gasteiger partial charge is 0.248 e. The molecule has 1 rings (SSSR count). The molecule has 0 heterocycles. The minimum absolute atomic E-state index is 0. The first-order valence-corrected chi connectivity index (χ1v) is 4.06. The summed E-state index contributed by atoms with van der Waals surface area (Å²) < 4.78 is 0. The Hall–Kier alpha value is -1.31. The highest BCUT2D eigenvalue weighted by molar-refractivity contribution is 5.92. The number of rotatable bonds is 1. The van der Waals surface area contributed by atoms with Gasteiger partial charge in [0.1, 0.15) is 0 Å². The van der Waals surface area contributed by atoms with Crippen molar-refractivity contribution in [2.24, 2.45) is 5.73 Å². The molecule has 0 aliphatic rings. The Morgan fingerprint density at radius 3 is 2.00 bits per heavy atom. The van der Waals surface area contributed by atoms with Gasteiger partial charge in [0.15, 0.2) is 0 Å². The largest absolute Gasteiger partial charge is 0.366 e. The Morgan fingerprint density at radius 1 is 1.25 bits per heavy atom. The zero-order valence-electron chi connectivity index (χ0n) is 7.79. The monoisotopic (exact) mass is 167 g/mol. The van der Waals surface area contributed by atoms with Crippen molar-refractivity contribution in [1.29, 1.82) is 0 Å². The van der Waals surface area contributed by atoms with E-state index in [9.17, 15) is 4.79 Å². The number of primary amides is 1. The van der Waals surface area contributed by atoms with E-state index in [0.29, 0.717) is 5.56 Å². The summed E-state index contributed by atoms with van der Waals surface area (Å²) in [4.78, 5) is 10.5. The average Bonchev–Trinajstić information content (AvgIpc) is 2.09. The lowest BCUT2D eigenvalue weighted by atomic mass is 10.1. The third-order valence-corrected chi connectivity index (χ3v) is 1.34. The second kappa shape index (κ2) is 5.35. The van der Waals surface area contributed by atoms with Crippen LogP contribution >= 0.6 is 0 Å². The molecule has 12 heavy (non-hydrogen) atoms. The Balaban J connectivity index is 0. The molecule has 1 aromatic carbocycles. The van der Waals surface area contributed by atoms with E-state index in [0.717, 1.165) is 5.56 Å². The van der Waals surface area contributed by atoms with Gasteiger partial charge in [0, 0.05) is 6.99 Å². The summed E-state index contributed by atoms with van der Waals surface area (Å²) in [5.41, 5.74) is 6.72. The molecule has 0 atom stereocenters. The number of carbonyl (C=O) groups is 1. The molecule has 0 aromatic heterocycles. The fraction of sp³-hybridized carbons (Fsp3) is 0.300. The van der Waals surface area contributed by atoms with Gasteiger partial charge in [-0.1, -0.05) is 31.5 Å². The maximum absolute atomic E-state index is 10.5. The molecule has 0 aliphatic heterocycles. The molecule has 0 unspecified atom stereocenters. The van der Waals surface area contributed by atoms with Gasteiger partial charge in [0.05, 0.1) is 0 Å². The van der Waals surface area contributed by atoms with Gasteiger partial charge in [-0.05, 0) is 19.1 Å². The highest BCUT2D eigenvalue weighted by Crippen LogP contribution is 2.00. The second-order valence-corrected chi connectivity index (χ2v) is 2.23. The standard InChI is InChI=1S/C8H9NO.C2H6.H2/c1-6-2-4-7(5-3-6)8(9)10;1-2;/h2-5H,1H3,(H2,9,10);1-2H3;1H. The van der Waals surface area contributed by atoms with Crippen LogP contribution < -0.4 is 5.73 Å². The molecule has 68 valence electrons. The molecular formula is C10H17NO. The van der Waals surface area contributed by atoms with Crippen molar-refractivity contribution in [3.63, 3.8) is 0 Å². The number of hydrogen-bond donors (Lipinski definition) is 1. The van der Waals surface area contributed by atoms with Gasteiger partial charge in [-0.3, -0.25) is 4.79 Å². The van der Waals surface area contributed by atoms with E-state index < -0.39 is 0 Å². The molecule has 0 fully saturated rings. The number of benzene rings is 1. The number of carbonyl (C=O) groups excluding carboxylic acids is 1. The van der Waals surface area contributed by atoms with E-state index in [4.69, 9.17) is 5.73 Å².